The monoisotopic (exact) mass is 403 g/mol. The van der Waals surface area contributed by atoms with Crippen LogP contribution in [0.4, 0.5) is 5.69 Å². The molecule has 8 heteroatoms. The summed E-state index contributed by atoms with van der Waals surface area (Å²) in [5.41, 5.74) is 3.24. The highest BCUT2D eigenvalue weighted by atomic mass is 16.5. The average molecular weight is 403 g/mol. The first kappa shape index (κ1) is 19.4. The number of aromatic nitrogens is 4. The van der Waals surface area contributed by atoms with Crippen molar-refractivity contribution in [1.82, 2.24) is 19.2 Å². The van der Waals surface area contributed by atoms with Crippen molar-refractivity contribution < 1.29 is 9.53 Å². The minimum atomic E-state index is -0.406. The van der Waals surface area contributed by atoms with E-state index in [1.54, 1.807) is 20.1 Å². The molecule has 0 spiro atoms. The van der Waals surface area contributed by atoms with Gasteiger partial charge in [0.05, 0.1) is 12.8 Å². The molecule has 1 amide bonds. The summed E-state index contributed by atoms with van der Waals surface area (Å²) in [5, 5.41) is 7.16. The molecule has 30 heavy (non-hydrogen) atoms. The Morgan fingerprint density at radius 1 is 1.10 bits per heavy atom. The number of para-hydroxylation sites is 1. The summed E-state index contributed by atoms with van der Waals surface area (Å²) >= 11 is 0. The van der Waals surface area contributed by atoms with Gasteiger partial charge in [0.2, 0.25) is 5.91 Å². The molecule has 0 bridgehead atoms. The second kappa shape index (κ2) is 7.82. The zero-order valence-electron chi connectivity index (χ0n) is 16.9. The Balaban J connectivity index is 1.64. The Morgan fingerprint density at radius 2 is 1.83 bits per heavy atom. The molecule has 0 atom stereocenters. The normalized spacial score (nSPS) is 10.9. The van der Waals surface area contributed by atoms with E-state index in [4.69, 9.17) is 4.74 Å². The van der Waals surface area contributed by atoms with Gasteiger partial charge in [-0.2, -0.15) is 0 Å². The molecule has 0 aliphatic carbocycles. The highest BCUT2D eigenvalue weighted by molar-refractivity contribution is 5.91. The van der Waals surface area contributed by atoms with Crippen molar-refractivity contribution in [3.8, 4) is 17.0 Å². The van der Waals surface area contributed by atoms with Crippen LogP contribution in [0.2, 0.25) is 0 Å². The van der Waals surface area contributed by atoms with E-state index < -0.39 is 5.69 Å². The minimum Gasteiger partial charge on any atom is -0.497 e. The van der Waals surface area contributed by atoms with E-state index in [9.17, 15) is 9.59 Å². The van der Waals surface area contributed by atoms with E-state index in [1.165, 1.54) is 4.40 Å². The number of amides is 1. The standard InChI is InChI=1S/C22H21N5O3/c1-14-6-4-5-7-18(14)24-21(28)13-26-22(29)27-15(2)23-19(12-20(27)25-26)16-8-10-17(30-3)11-9-16/h4-12H,13H2,1-3H3,(H,24,28). The predicted octanol–water partition coefficient (Wildman–Crippen LogP) is 2.82. The highest BCUT2D eigenvalue weighted by Gasteiger charge is 2.15. The average Bonchev–Trinajstić information content (AvgIpc) is 3.05. The van der Waals surface area contributed by atoms with Crippen LogP contribution in [-0.2, 0) is 11.3 Å². The van der Waals surface area contributed by atoms with Gasteiger partial charge in [-0.15, -0.1) is 5.10 Å². The van der Waals surface area contributed by atoms with E-state index in [2.05, 4.69) is 15.4 Å². The van der Waals surface area contributed by atoms with Gasteiger partial charge in [0.15, 0.2) is 5.65 Å². The van der Waals surface area contributed by atoms with Gasteiger partial charge in [-0.3, -0.25) is 4.79 Å². The Hall–Kier alpha value is -3.94. The fourth-order valence-electron chi connectivity index (χ4n) is 3.25. The number of ether oxygens (including phenoxy) is 1. The summed E-state index contributed by atoms with van der Waals surface area (Å²) < 4.78 is 7.73. The molecule has 0 aliphatic heterocycles. The fraction of sp³-hybridized carbons (Fsp3) is 0.182. The van der Waals surface area contributed by atoms with E-state index in [0.29, 0.717) is 22.9 Å². The molecule has 4 rings (SSSR count). The number of rotatable bonds is 5. The van der Waals surface area contributed by atoms with E-state index >= 15 is 0 Å². The number of fused-ring (bicyclic) bond motifs is 1. The Kier molecular flexibility index (Phi) is 5.05. The van der Waals surface area contributed by atoms with E-state index in [1.807, 2.05) is 55.5 Å². The van der Waals surface area contributed by atoms with Crippen molar-refractivity contribution in [2.45, 2.75) is 20.4 Å². The number of nitrogens with one attached hydrogen (secondary N) is 1. The lowest BCUT2D eigenvalue weighted by molar-refractivity contribution is -0.117. The maximum Gasteiger partial charge on any atom is 0.352 e. The number of carbonyl (C=O) groups excluding carboxylic acids is 1. The van der Waals surface area contributed by atoms with Crippen LogP contribution >= 0.6 is 0 Å². The molecule has 0 fully saturated rings. The van der Waals surface area contributed by atoms with Crippen LogP contribution in [-0.4, -0.2) is 32.2 Å². The van der Waals surface area contributed by atoms with E-state index in [-0.39, 0.29) is 12.5 Å². The van der Waals surface area contributed by atoms with Gasteiger partial charge >= 0.3 is 5.69 Å². The topological polar surface area (TPSA) is 90.5 Å². The molecular formula is C22H21N5O3. The number of aryl methyl sites for hydroxylation is 2. The van der Waals surface area contributed by atoms with Crippen molar-refractivity contribution in [3.05, 3.63) is 76.5 Å². The number of anilines is 1. The zero-order valence-corrected chi connectivity index (χ0v) is 16.9. The number of nitrogens with zero attached hydrogens (tertiary/aromatic N) is 4. The molecule has 0 radical (unpaired) electrons. The molecule has 2 aromatic carbocycles. The molecule has 2 aromatic heterocycles. The minimum absolute atomic E-state index is 0.188. The summed E-state index contributed by atoms with van der Waals surface area (Å²) in [4.78, 5) is 29.7. The highest BCUT2D eigenvalue weighted by Crippen LogP contribution is 2.22. The van der Waals surface area contributed by atoms with Crippen molar-refractivity contribution in [2.75, 3.05) is 12.4 Å². The van der Waals surface area contributed by atoms with E-state index in [0.717, 1.165) is 21.6 Å². The Bertz CT molecular complexity index is 1290. The van der Waals surface area contributed by atoms with Crippen molar-refractivity contribution in [2.24, 2.45) is 0 Å². The quantitative estimate of drug-likeness (QED) is 0.553. The summed E-state index contributed by atoms with van der Waals surface area (Å²) in [5.74, 6) is 0.918. The van der Waals surface area contributed by atoms with Gasteiger partial charge in [0.25, 0.3) is 0 Å². The van der Waals surface area contributed by atoms with Crippen molar-refractivity contribution in [3.63, 3.8) is 0 Å². The number of carbonyl (C=O) groups is 1. The van der Waals surface area contributed by atoms with Crippen LogP contribution in [0.25, 0.3) is 16.9 Å². The zero-order chi connectivity index (χ0) is 21.3. The smallest absolute Gasteiger partial charge is 0.352 e. The Morgan fingerprint density at radius 3 is 2.53 bits per heavy atom. The lowest BCUT2D eigenvalue weighted by Gasteiger charge is -2.07. The molecule has 1 N–H and O–H groups in total. The lowest BCUT2D eigenvalue weighted by atomic mass is 10.1. The molecule has 8 nitrogen and oxygen atoms in total. The number of hydrogen-bond donors (Lipinski definition) is 1. The SMILES string of the molecule is COc1ccc(-c2cc3nn(CC(=O)Nc4ccccc4C)c(=O)n3c(C)n2)cc1. The van der Waals surface area contributed by atoms with Crippen molar-refractivity contribution in [1.29, 1.82) is 0 Å². The maximum atomic E-state index is 12.8. The third-order valence-electron chi connectivity index (χ3n) is 4.83. The van der Waals surface area contributed by atoms with Crippen LogP contribution in [0.5, 0.6) is 5.75 Å². The van der Waals surface area contributed by atoms with Gasteiger partial charge in [0, 0.05) is 17.3 Å². The summed E-state index contributed by atoms with van der Waals surface area (Å²) in [7, 11) is 1.61. The molecule has 0 aliphatic rings. The molecule has 0 saturated carbocycles. The number of methoxy groups -OCH3 is 1. The van der Waals surface area contributed by atoms with Gasteiger partial charge < -0.3 is 10.1 Å². The van der Waals surface area contributed by atoms with Gasteiger partial charge in [0.1, 0.15) is 18.1 Å². The molecule has 152 valence electrons. The maximum absolute atomic E-state index is 12.8. The fourth-order valence-corrected chi connectivity index (χ4v) is 3.25. The third kappa shape index (κ3) is 3.67. The van der Waals surface area contributed by atoms with Gasteiger partial charge in [-0.25, -0.2) is 18.9 Å². The lowest BCUT2D eigenvalue weighted by Crippen LogP contribution is -2.29. The van der Waals surface area contributed by atoms with Crippen LogP contribution < -0.4 is 15.7 Å². The first-order valence-corrected chi connectivity index (χ1v) is 9.43. The number of hydrogen-bond acceptors (Lipinski definition) is 5. The van der Waals surface area contributed by atoms with Crippen LogP contribution in [0.1, 0.15) is 11.4 Å². The number of benzene rings is 2. The van der Waals surface area contributed by atoms with Crippen molar-refractivity contribution >= 4 is 17.2 Å². The first-order valence-electron chi connectivity index (χ1n) is 9.43. The van der Waals surface area contributed by atoms with Gasteiger partial charge in [-0.1, -0.05) is 18.2 Å². The summed E-state index contributed by atoms with van der Waals surface area (Å²) in [6, 6.07) is 16.7. The molecular weight excluding hydrogens is 382 g/mol. The van der Waals surface area contributed by atoms with Crippen LogP contribution in [0.3, 0.4) is 0 Å². The third-order valence-corrected chi connectivity index (χ3v) is 4.83. The Labute approximate surface area is 172 Å². The molecule has 0 saturated heterocycles. The molecule has 4 aromatic rings. The summed E-state index contributed by atoms with van der Waals surface area (Å²) in [6.07, 6.45) is 0. The largest absolute Gasteiger partial charge is 0.497 e. The molecule has 2 heterocycles. The second-order valence-electron chi connectivity index (χ2n) is 6.91. The first-order chi connectivity index (χ1) is 14.5. The molecule has 0 unspecified atom stereocenters. The van der Waals surface area contributed by atoms with Crippen LogP contribution in [0, 0.1) is 13.8 Å². The predicted molar refractivity (Wildman–Crippen MR) is 114 cm³/mol. The summed E-state index contributed by atoms with van der Waals surface area (Å²) in [6.45, 7) is 3.45. The van der Waals surface area contributed by atoms with Crippen LogP contribution in [0.15, 0.2) is 59.4 Å². The second-order valence-corrected chi connectivity index (χ2v) is 6.91. The van der Waals surface area contributed by atoms with Gasteiger partial charge in [-0.05, 0) is 49.7 Å².